The zero-order chi connectivity index (χ0) is 17.2. The van der Waals surface area contributed by atoms with Gasteiger partial charge in [0, 0.05) is 5.69 Å². The van der Waals surface area contributed by atoms with Gasteiger partial charge in [-0.15, -0.1) is 0 Å². The van der Waals surface area contributed by atoms with Crippen molar-refractivity contribution in [2.45, 2.75) is 6.61 Å². The van der Waals surface area contributed by atoms with Crippen LogP contribution in [0.4, 0.5) is 5.69 Å². The quantitative estimate of drug-likeness (QED) is 0.739. The van der Waals surface area contributed by atoms with Crippen LogP contribution in [0, 0.1) is 0 Å². The number of benzene rings is 3. The molecule has 0 saturated carbocycles. The number of nitrogens with one attached hydrogen (secondary N) is 1. The van der Waals surface area contributed by atoms with E-state index in [1.807, 2.05) is 36.4 Å². The molecule has 0 bridgehead atoms. The van der Waals surface area contributed by atoms with Crippen LogP contribution in [0.1, 0.15) is 15.9 Å². The number of halogens is 1. The van der Waals surface area contributed by atoms with Crippen LogP contribution in [0.5, 0.6) is 0 Å². The van der Waals surface area contributed by atoms with Crippen LogP contribution < -0.4 is 16.2 Å². The Morgan fingerprint density at radius 3 is 2.56 bits per heavy atom. The van der Waals surface area contributed by atoms with E-state index in [0.29, 0.717) is 17.2 Å². The normalized spacial score (nSPS) is 12.8. The number of carbonyl (C=O) groups is 1. The van der Waals surface area contributed by atoms with E-state index in [4.69, 9.17) is 16.3 Å². The lowest BCUT2D eigenvalue weighted by molar-refractivity contribution is 0.102. The Morgan fingerprint density at radius 1 is 1.00 bits per heavy atom. The number of fused-ring (bicyclic) bond motifs is 1. The molecule has 0 spiro atoms. The van der Waals surface area contributed by atoms with E-state index in [0.717, 1.165) is 22.2 Å². The molecule has 1 aliphatic rings. The van der Waals surface area contributed by atoms with E-state index in [1.54, 1.807) is 24.3 Å². The van der Waals surface area contributed by atoms with E-state index in [1.165, 1.54) is 0 Å². The minimum atomic E-state index is -0.222. The maximum atomic E-state index is 12.5. The van der Waals surface area contributed by atoms with Crippen molar-refractivity contribution in [3.05, 3.63) is 88.9 Å². The fourth-order valence-electron chi connectivity index (χ4n) is 3.06. The molecule has 0 aliphatic carbocycles. The molecule has 3 aromatic rings. The van der Waals surface area contributed by atoms with E-state index >= 15 is 0 Å². The van der Waals surface area contributed by atoms with Gasteiger partial charge >= 0.3 is 6.92 Å². The van der Waals surface area contributed by atoms with E-state index in [2.05, 4.69) is 17.4 Å². The first-order valence-corrected chi connectivity index (χ1v) is 8.45. The number of anilines is 1. The molecule has 1 heterocycles. The highest BCUT2D eigenvalue weighted by molar-refractivity contribution is 6.81. The standard InChI is InChI=1S/C20H15BClNO2/c22-19-9-5-4-8-17(19)20(24)23-16-11-10-14-13-25-21(18(14)12-16)15-6-2-1-3-7-15/h1-12H,13H2,(H,23,24). The molecule has 4 rings (SSSR count). The van der Waals surface area contributed by atoms with Gasteiger partial charge in [-0.2, -0.15) is 0 Å². The Labute approximate surface area is 151 Å². The number of hydrogen-bond acceptors (Lipinski definition) is 2. The average molecular weight is 348 g/mol. The third kappa shape index (κ3) is 3.19. The summed E-state index contributed by atoms with van der Waals surface area (Å²) in [7, 11) is 0. The van der Waals surface area contributed by atoms with Gasteiger partial charge in [0.1, 0.15) is 0 Å². The minimum Gasteiger partial charge on any atom is -0.423 e. The van der Waals surface area contributed by atoms with Crippen molar-refractivity contribution < 1.29 is 9.45 Å². The van der Waals surface area contributed by atoms with Crippen molar-refractivity contribution in [2.24, 2.45) is 0 Å². The van der Waals surface area contributed by atoms with Crippen molar-refractivity contribution in [1.82, 2.24) is 0 Å². The summed E-state index contributed by atoms with van der Waals surface area (Å²) >= 11 is 6.10. The van der Waals surface area contributed by atoms with Gasteiger partial charge in [0.05, 0.1) is 17.2 Å². The van der Waals surface area contributed by atoms with Crippen LogP contribution in [0.2, 0.25) is 5.02 Å². The number of amides is 1. The molecule has 122 valence electrons. The molecule has 0 aromatic heterocycles. The Morgan fingerprint density at radius 2 is 1.76 bits per heavy atom. The highest BCUT2D eigenvalue weighted by Gasteiger charge is 2.30. The zero-order valence-corrected chi connectivity index (χ0v) is 14.2. The molecule has 3 aromatic carbocycles. The van der Waals surface area contributed by atoms with Crippen LogP contribution in [-0.4, -0.2) is 12.8 Å². The monoisotopic (exact) mass is 347 g/mol. The Balaban J connectivity index is 1.61. The number of rotatable bonds is 3. The average Bonchev–Trinajstić information content (AvgIpc) is 3.06. The van der Waals surface area contributed by atoms with Crippen molar-refractivity contribution in [2.75, 3.05) is 5.32 Å². The summed E-state index contributed by atoms with van der Waals surface area (Å²) in [5.41, 5.74) is 4.53. The highest BCUT2D eigenvalue weighted by atomic mass is 35.5. The van der Waals surface area contributed by atoms with Crippen LogP contribution in [0.3, 0.4) is 0 Å². The van der Waals surface area contributed by atoms with Gasteiger partial charge in [-0.05, 0) is 40.8 Å². The lowest BCUT2D eigenvalue weighted by Gasteiger charge is -2.10. The van der Waals surface area contributed by atoms with Gasteiger partial charge in [-0.3, -0.25) is 4.79 Å². The Hall–Kier alpha value is -2.56. The van der Waals surface area contributed by atoms with E-state index in [-0.39, 0.29) is 12.8 Å². The summed E-state index contributed by atoms with van der Waals surface area (Å²) in [6.07, 6.45) is 0. The first kappa shape index (κ1) is 15.9. The third-order valence-corrected chi connectivity index (χ3v) is 4.64. The molecule has 0 radical (unpaired) electrons. The molecule has 0 saturated heterocycles. The summed E-state index contributed by atoms with van der Waals surface area (Å²) in [5, 5.41) is 3.36. The molecule has 0 fully saturated rings. The van der Waals surface area contributed by atoms with Gasteiger partial charge < -0.3 is 9.97 Å². The second-order valence-electron chi connectivity index (χ2n) is 5.95. The molecule has 5 heteroatoms. The summed E-state index contributed by atoms with van der Waals surface area (Å²) in [4.78, 5) is 12.5. The van der Waals surface area contributed by atoms with Crippen molar-refractivity contribution in [3.8, 4) is 0 Å². The van der Waals surface area contributed by atoms with Crippen LogP contribution in [0.25, 0.3) is 0 Å². The van der Waals surface area contributed by atoms with Crippen molar-refractivity contribution in [3.63, 3.8) is 0 Å². The van der Waals surface area contributed by atoms with Gasteiger partial charge in [0.15, 0.2) is 0 Å². The summed E-state index contributed by atoms with van der Waals surface area (Å²) < 4.78 is 5.94. The van der Waals surface area contributed by atoms with Crippen molar-refractivity contribution in [1.29, 1.82) is 0 Å². The zero-order valence-electron chi connectivity index (χ0n) is 13.4. The Bertz CT molecular complexity index is 930. The molecule has 25 heavy (non-hydrogen) atoms. The molecular weight excluding hydrogens is 332 g/mol. The molecule has 0 atom stereocenters. The molecule has 0 unspecified atom stereocenters. The first-order chi connectivity index (χ1) is 12.2. The third-order valence-electron chi connectivity index (χ3n) is 4.31. The number of carbonyl (C=O) groups excluding carboxylic acids is 1. The van der Waals surface area contributed by atoms with Crippen LogP contribution in [-0.2, 0) is 11.3 Å². The molecule has 3 nitrogen and oxygen atoms in total. The van der Waals surface area contributed by atoms with Crippen LogP contribution >= 0.6 is 11.6 Å². The summed E-state index contributed by atoms with van der Waals surface area (Å²) in [5.74, 6) is -0.222. The van der Waals surface area contributed by atoms with E-state index < -0.39 is 0 Å². The highest BCUT2D eigenvalue weighted by Crippen LogP contribution is 2.19. The molecule has 1 amide bonds. The molecule has 1 aliphatic heterocycles. The topological polar surface area (TPSA) is 38.3 Å². The predicted octanol–water partition coefficient (Wildman–Crippen LogP) is 3.23. The van der Waals surface area contributed by atoms with Crippen LogP contribution in [0.15, 0.2) is 72.8 Å². The second-order valence-corrected chi connectivity index (χ2v) is 6.36. The fraction of sp³-hybridized carbons (Fsp3) is 0.0500. The van der Waals surface area contributed by atoms with E-state index in [9.17, 15) is 4.79 Å². The fourth-order valence-corrected chi connectivity index (χ4v) is 3.28. The summed E-state index contributed by atoms with van der Waals surface area (Å²) in [6.45, 7) is 0.474. The van der Waals surface area contributed by atoms with Gasteiger partial charge in [0.2, 0.25) is 0 Å². The minimum absolute atomic E-state index is 0.103. The smallest absolute Gasteiger partial charge is 0.362 e. The van der Waals surface area contributed by atoms with Gasteiger partial charge in [0.25, 0.3) is 5.91 Å². The first-order valence-electron chi connectivity index (χ1n) is 8.07. The summed E-state index contributed by atoms with van der Waals surface area (Å²) in [6, 6.07) is 23.0. The number of hydrogen-bond donors (Lipinski definition) is 1. The largest absolute Gasteiger partial charge is 0.423 e. The SMILES string of the molecule is O=C(Nc1ccc2c(c1)B(c1ccccc1)OC2)c1ccccc1Cl. The van der Waals surface area contributed by atoms with Gasteiger partial charge in [-0.25, -0.2) is 0 Å². The van der Waals surface area contributed by atoms with Gasteiger partial charge in [-0.1, -0.05) is 60.1 Å². The lowest BCUT2D eigenvalue weighted by atomic mass is 9.56. The lowest BCUT2D eigenvalue weighted by Crippen LogP contribution is -2.41. The second kappa shape index (κ2) is 6.75. The molecule has 1 N–H and O–H groups in total. The van der Waals surface area contributed by atoms with Crippen molar-refractivity contribution >= 4 is 41.0 Å². The maximum Gasteiger partial charge on any atom is 0.362 e. The molecular formula is C20H15BClNO2. The Kier molecular flexibility index (Phi) is 4.30. The predicted molar refractivity (Wildman–Crippen MR) is 102 cm³/mol. The maximum absolute atomic E-state index is 12.5.